The molecule has 0 aliphatic heterocycles. The van der Waals surface area contributed by atoms with Gasteiger partial charge in [0.25, 0.3) is 0 Å². The second kappa shape index (κ2) is 14.2. The Morgan fingerprint density at radius 1 is 0.931 bits per heavy atom. The van der Waals surface area contributed by atoms with Gasteiger partial charge in [-0.15, -0.1) is 0 Å². The van der Waals surface area contributed by atoms with Crippen LogP contribution in [0.2, 0.25) is 0 Å². The first-order chi connectivity index (χ1) is 13.5. The lowest BCUT2D eigenvalue weighted by Gasteiger charge is -2.24. The van der Waals surface area contributed by atoms with Gasteiger partial charge in [-0.05, 0) is 45.1 Å². The van der Waals surface area contributed by atoms with E-state index in [9.17, 15) is 24.3 Å². The van der Waals surface area contributed by atoms with Gasteiger partial charge in [0.2, 0.25) is 17.7 Å². The van der Waals surface area contributed by atoms with Gasteiger partial charge in [0.05, 0.1) is 6.04 Å². The Morgan fingerprint density at radius 3 is 2.00 bits per heavy atom. The fourth-order valence-corrected chi connectivity index (χ4v) is 2.66. The molecule has 168 valence electrons. The van der Waals surface area contributed by atoms with Crippen molar-refractivity contribution >= 4 is 36.3 Å². The van der Waals surface area contributed by atoms with Gasteiger partial charge in [0, 0.05) is 5.75 Å². The van der Waals surface area contributed by atoms with Gasteiger partial charge in [-0.1, -0.05) is 13.8 Å². The summed E-state index contributed by atoms with van der Waals surface area (Å²) in [6.07, 6.45) is 1.76. The molecule has 10 nitrogen and oxygen atoms in total. The molecule has 0 saturated carbocycles. The average molecular weight is 434 g/mol. The molecule has 4 atom stereocenters. The molecule has 11 heteroatoms. The minimum atomic E-state index is -1.15. The van der Waals surface area contributed by atoms with Crippen LogP contribution in [0.15, 0.2) is 0 Å². The number of hydrogen-bond acceptors (Lipinski definition) is 7. The van der Waals surface area contributed by atoms with E-state index in [-0.39, 0.29) is 18.1 Å². The molecule has 8 N–H and O–H groups in total. The Kier molecular flexibility index (Phi) is 13.3. The molecule has 3 amide bonds. The summed E-state index contributed by atoms with van der Waals surface area (Å²) in [5.41, 5.74) is 11.0. The standard InChI is InChI=1S/C18H35N5O5S/c1-10(2)8-14(17(26)22-13(18(27)28)6-4-5-7-19)23-15(24)11(3)21-16(25)12(20)9-29/h10-14,29H,4-9,19-20H2,1-3H3,(H,21,25)(H,22,26)(H,23,24)(H,27,28). The van der Waals surface area contributed by atoms with Crippen LogP contribution >= 0.6 is 12.6 Å². The molecule has 0 aliphatic carbocycles. The van der Waals surface area contributed by atoms with Crippen LogP contribution in [0.4, 0.5) is 0 Å². The van der Waals surface area contributed by atoms with Crippen LogP contribution in [0.25, 0.3) is 0 Å². The van der Waals surface area contributed by atoms with Gasteiger partial charge in [0.1, 0.15) is 18.1 Å². The van der Waals surface area contributed by atoms with Crippen molar-refractivity contribution in [1.29, 1.82) is 0 Å². The predicted molar refractivity (Wildman–Crippen MR) is 113 cm³/mol. The quantitative estimate of drug-likeness (QED) is 0.135. The summed E-state index contributed by atoms with van der Waals surface area (Å²) in [7, 11) is 0. The van der Waals surface area contributed by atoms with E-state index in [2.05, 4.69) is 28.6 Å². The van der Waals surface area contributed by atoms with E-state index in [1.807, 2.05) is 13.8 Å². The predicted octanol–water partition coefficient (Wildman–Crippen LogP) is -1.02. The summed E-state index contributed by atoms with van der Waals surface area (Å²) in [5, 5.41) is 16.9. The van der Waals surface area contributed by atoms with Crippen molar-refractivity contribution in [3.8, 4) is 0 Å². The molecule has 0 fully saturated rings. The highest BCUT2D eigenvalue weighted by molar-refractivity contribution is 7.80. The summed E-state index contributed by atoms with van der Waals surface area (Å²) < 4.78 is 0. The Morgan fingerprint density at radius 2 is 1.52 bits per heavy atom. The second-order valence-electron chi connectivity index (χ2n) is 7.39. The number of aliphatic carboxylic acids is 1. The van der Waals surface area contributed by atoms with Gasteiger partial charge < -0.3 is 32.5 Å². The Balaban J connectivity index is 5.04. The maximum atomic E-state index is 12.6. The van der Waals surface area contributed by atoms with Crippen LogP contribution in [-0.2, 0) is 19.2 Å². The highest BCUT2D eigenvalue weighted by Crippen LogP contribution is 2.08. The first-order valence-electron chi connectivity index (χ1n) is 9.73. The van der Waals surface area contributed by atoms with E-state index in [1.54, 1.807) is 0 Å². The molecule has 0 aromatic carbocycles. The Labute approximate surface area is 177 Å². The average Bonchev–Trinajstić information content (AvgIpc) is 2.65. The Hall–Kier alpha value is -1.85. The number of hydrogen-bond donors (Lipinski definition) is 7. The van der Waals surface area contributed by atoms with Crippen LogP contribution in [-0.4, -0.2) is 65.3 Å². The first-order valence-corrected chi connectivity index (χ1v) is 10.4. The van der Waals surface area contributed by atoms with Crippen molar-refractivity contribution in [2.45, 2.75) is 70.6 Å². The SMILES string of the molecule is CC(C)CC(NC(=O)C(C)NC(=O)C(N)CS)C(=O)NC(CCCCN)C(=O)O. The molecule has 0 bridgehead atoms. The smallest absolute Gasteiger partial charge is 0.326 e. The van der Waals surface area contributed by atoms with Crippen molar-refractivity contribution in [3.05, 3.63) is 0 Å². The van der Waals surface area contributed by atoms with E-state index in [0.717, 1.165) is 0 Å². The summed E-state index contributed by atoms with van der Waals surface area (Å²) in [6, 6.07) is -3.77. The summed E-state index contributed by atoms with van der Waals surface area (Å²) in [4.78, 5) is 48.3. The number of nitrogens with one attached hydrogen (secondary N) is 3. The van der Waals surface area contributed by atoms with Crippen LogP contribution in [0.5, 0.6) is 0 Å². The van der Waals surface area contributed by atoms with Gasteiger partial charge in [0.15, 0.2) is 0 Å². The fourth-order valence-electron chi connectivity index (χ4n) is 2.49. The number of thiol groups is 1. The lowest BCUT2D eigenvalue weighted by atomic mass is 10.0. The molecule has 0 aromatic rings. The maximum absolute atomic E-state index is 12.6. The molecule has 29 heavy (non-hydrogen) atoms. The summed E-state index contributed by atoms with van der Waals surface area (Å²) in [5.74, 6) is -2.64. The molecular formula is C18H35N5O5S. The minimum absolute atomic E-state index is 0.0640. The maximum Gasteiger partial charge on any atom is 0.326 e. The van der Waals surface area contributed by atoms with Gasteiger partial charge in [-0.3, -0.25) is 14.4 Å². The molecule has 0 aromatic heterocycles. The molecular weight excluding hydrogens is 398 g/mol. The highest BCUT2D eigenvalue weighted by Gasteiger charge is 2.29. The molecule has 0 spiro atoms. The first kappa shape index (κ1) is 27.1. The zero-order chi connectivity index (χ0) is 22.6. The van der Waals surface area contributed by atoms with Gasteiger partial charge in [-0.2, -0.15) is 12.6 Å². The lowest BCUT2D eigenvalue weighted by Crippen LogP contribution is -2.56. The summed E-state index contributed by atoms with van der Waals surface area (Å²) in [6.45, 7) is 5.65. The summed E-state index contributed by atoms with van der Waals surface area (Å²) >= 11 is 3.93. The van der Waals surface area contributed by atoms with Crippen molar-refractivity contribution in [2.24, 2.45) is 17.4 Å². The van der Waals surface area contributed by atoms with E-state index in [0.29, 0.717) is 25.8 Å². The van der Waals surface area contributed by atoms with Gasteiger partial charge >= 0.3 is 5.97 Å². The topological polar surface area (TPSA) is 177 Å². The van der Waals surface area contributed by atoms with Crippen molar-refractivity contribution in [3.63, 3.8) is 0 Å². The monoisotopic (exact) mass is 433 g/mol. The van der Waals surface area contributed by atoms with Crippen molar-refractivity contribution in [2.75, 3.05) is 12.3 Å². The Bertz CT molecular complexity index is 561. The fraction of sp³-hybridized carbons (Fsp3) is 0.778. The molecule has 4 unspecified atom stereocenters. The van der Waals surface area contributed by atoms with Gasteiger partial charge in [-0.25, -0.2) is 4.79 Å². The molecule has 0 heterocycles. The van der Waals surface area contributed by atoms with E-state index < -0.39 is 47.9 Å². The van der Waals surface area contributed by atoms with Crippen LogP contribution in [0.3, 0.4) is 0 Å². The molecule has 0 saturated heterocycles. The third-order valence-electron chi connectivity index (χ3n) is 4.19. The third-order valence-corrected chi connectivity index (χ3v) is 4.58. The van der Waals surface area contributed by atoms with E-state index in [4.69, 9.17) is 11.5 Å². The number of carboxylic acids is 1. The van der Waals surface area contributed by atoms with Crippen LogP contribution < -0.4 is 27.4 Å². The number of amides is 3. The zero-order valence-electron chi connectivity index (χ0n) is 17.3. The number of carboxylic acid groups (broad SMARTS) is 1. The minimum Gasteiger partial charge on any atom is -0.480 e. The second-order valence-corrected chi connectivity index (χ2v) is 7.76. The zero-order valence-corrected chi connectivity index (χ0v) is 18.2. The highest BCUT2D eigenvalue weighted by atomic mass is 32.1. The number of carbonyl (C=O) groups is 4. The third kappa shape index (κ3) is 11.1. The molecule has 0 rings (SSSR count). The largest absolute Gasteiger partial charge is 0.480 e. The molecule has 0 aliphatic rings. The number of rotatable bonds is 14. The van der Waals surface area contributed by atoms with Crippen LogP contribution in [0, 0.1) is 5.92 Å². The van der Waals surface area contributed by atoms with E-state index in [1.165, 1.54) is 6.92 Å². The lowest BCUT2D eigenvalue weighted by molar-refractivity contribution is -0.142. The number of carbonyl (C=O) groups excluding carboxylic acids is 3. The van der Waals surface area contributed by atoms with E-state index >= 15 is 0 Å². The number of nitrogens with two attached hydrogens (primary N) is 2. The normalized spacial score (nSPS) is 15.1. The molecule has 0 radical (unpaired) electrons. The number of unbranched alkanes of at least 4 members (excludes halogenated alkanes) is 1. The van der Waals surface area contributed by atoms with Crippen molar-refractivity contribution in [1.82, 2.24) is 16.0 Å². The van der Waals surface area contributed by atoms with Crippen molar-refractivity contribution < 1.29 is 24.3 Å². The van der Waals surface area contributed by atoms with Crippen LogP contribution in [0.1, 0.15) is 46.5 Å².